The first-order valence-electron chi connectivity index (χ1n) is 6.90. The lowest BCUT2D eigenvalue weighted by Crippen LogP contribution is -1.95. The fourth-order valence-corrected chi connectivity index (χ4v) is 2.55. The monoisotopic (exact) mass is 341 g/mol. The molecule has 0 unspecified atom stereocenters. The van der Waals surface area contributed by atoms with Crippen LogP contribution in [0.2, 0.25) is 0 Å². The third-order valence-corrected chi connectivity index (χ3v) is 3.94. The van der Waals surface area contributed by atoms with E-state index in [2.05, 4.69) is 10.2 Å². The van der Waals surface area contributed by atoms with Gasteiger partial charge in [-0.3, -0.25) is 14.9 Å². The Balaban J connectivity index is 1.77. The van der Waals surface area contributed by atoms with E-state index < -0.39 is 10.0 Å². The van der Waals surface area contributed by atoms with Gasteiger partial charge in [-0.15, -0.1) is 10.2 Å². The number of nitro benzene ring substituents is 1. The predicted octanol–water partition coefficient (Wildman–Crippen LogP) is 3.89. The summed E-state index contributed by atoms with van der Waals surface area (Å²) in [5.74, 6) is 0.310. The Morgan fingerprint density at radius 2 is 1.92 bits per heavy atom. The molecule has 0 saturated carbocycles. The highest BCUT2D eigenvalue weighted by molar-refractivity contribution is 8.14. The van der Waals surface area contributed by atoms with Crippen molar-refractivity contribution in [3.8, 4) is 11.5 Å². The number of hydrogen-bond donors (Lipinski definition) is 0. The SMILES string of the molecule is Cc1ccc(-c2nnc(SC(=O)c3cccc([N+](=O)[O-])c3)o2)cc1. The molecule has 1 aromatic heterocycles. The second-order valence-electron chi connectivity index (χ2n) is 4.94. The second-order valence-corrected chi connectivity index (χ2v) is 5.86. The number of aryl methyl sites for hydroxylation is 1. The molecule has 0 saturated heterocycles. The van der Waals surface area contributed by atoms with Crippen LogP contribution in [-0.2, 0) is 0 Å². The number of hydrogen-bond acceptors (Lipinski definition) is 7. The Morgan fingerprint density at radius 3 is 2.62 bits per heavy atom. The summed E-state index contributed by atoms with van der Waals surface area (Å²) in [5.41, 5.74) is 1.91. The summed E-state index contributed by atoms with van der Waals surface area (Å²) in [6.45, 7) is 1.97. The molecule has 0 fully saturated rings. The molecule has 0 aliphatic heterocycles. The molecule has 0 aliphatic rings. The third kappa shape index (κ3) is 3.49. The van der Waals surface area contributed by atoms with E-state index in [4.69, 9.17) is 4.42 Å². The van der Waals surface area contributed by atoms with Gasteiger partial charge in [0, 0.05) is 35.0 Å². The molecule has 0 atom stereocenters. The normalized spacial score (nSPS) is 10.5. The van der Waals surface area contributed by atoms with Crippen LogP contribution in [0.5, 0.6) is 0 Å². The lowest BCUT2D eigenvalue weighted by Gasteiger charge is -1.98. The molecule has 0 aliphatic carbocycles. The molecule has 0 amide bonds. The molecule has 0 N–H and O–H groups in total. The zero-order valence-corrected chi connectivity index (χ0v) is 13.3. The summed E-state index contributed by atoms with van der Waals surface area (Å²) in [4.78, 5) is 22.4. The molecule has 120 valence electrons. The molecule has 0 radical (unpaired) electrons. The number of nitro groups is 1. The Kier molecular flexibility index (Phi) is 4.39. The van der Waals surface area contributed by atoms with Crippen LogP contribution in [-0.4, -0.2) is 20.2 Å². The van der Waals surface area contributed by atoms with Crippen LogP contribution in [0.15, 0.2) is 58.2 Å². The zero-order valence-electron chi connectivity index (χ0n) is 12.5. The van der Waals surface area contributed by atoms with Crippen molar-refractivity contribution in [2.24, 2.45) is 0 Å². The van der Waals surface area contributed by atoms with Crippen molar-refractivity contribution in [1.29, 1.82) is 0 Å². The fraction of sp³-hybridized carbons (Fsp3) is 0.0625. The first kappa shape index (κ1) is 15.9. The maximum Gasteiger partial charge on any atom is 0.284 e. The number of benzene rings is 2. The van der Waals surface area contributed by atoms with E-state index >= 15 is 0 Å². The van der Waals surface area contributed by atoms with E-state index in [9.17, 15) is 14.9 Å². The lowest BCUT2D eigenvalue weighted by molar-refractivity contribution is -0.384. The number of rotatable bonds is 4. The van der Waals surface area contributed by atoms with E-state index in [0.717, 1.165) is 22.9 Å². The van der Waals surface area contributed by atoms with E-state index in [1.165, 1.54) is 24.3 Å². The molecule has 24 heavy (non-hydrogen) atoms. The van der Waals surface area contributed by atoms with Crippen molar-refractivity contribution < 1.29 is 14.1 Å². The van der Waals surface area contributed by atoms with Crippen molar-refractivity contribution in [1.82, 2.24) is 10.2 Å². The quantitative estimate of drug-likeness (QED) is 0.403. The summed E-state index contributed by atoms with van der Waals surface area (Å²) in [6.07, 6.45) is 0. The maximum absolute atomic E-state index is 12.2. The van der Waals surface area contributed by atoms with Gasteiger partial charge in [0.05, 0.1) is 4.92 Å². The number of carbonyl (C=O) groups excluding carboxylic acids is 1. The minimum Gasteiger partial charge on any atom is -0.411 e. The van der Waals surface area contributed by atoms with Gasteiger partial charge in [0.25, 0.3) is 10.9 Å². The van der Waals surface area contributed by atoms with E-state index in [1.807, 2.05) is 31.2 Å². The van der Waals surface area contributed by atoms with Gasteiger partial charge >= 0.3 is 0 Å². The van der Waals surface area contributed by atoms with Crippen LogP contribution >= 0.6 is 11.8 Å². The van der Waals surface area contributed by atoms with Crippen LogP contribution in [0, 0.1) is 17.0 Å². The van der Waals surface area contributed by atoms with Gasteiger partial charge in [0.2, 0.25) is 11.0 Å². The smallest absolute Gasteiger partial charge is 0.284 e. The number of non-ortho nitro benzene ring substituents is 1. The molecule has 2 aromatic carbocycles. The molecule has 0 bridgehead atoms. The van der Waals surface area contributed by atoms with Gasteiger partial charge in [0.1, 0.15) is 0 Å². The van der Waals surface area contributed by atoms with E-state index in [-0.39, 0.29) is 16.5 Å². The minimum atomic E-state index is -0.552. The van der Waals surface area contributed by atoms with Crippen molar-refractivity contribution in [3.05, 3.63) is 69.8 Å². The summed E-state index contributed by atoms with van der Waals surface area (Å²) in [6, 6.07) is 13.0. The number of aromatic nitrogens is 2. The average Bonchev–Trinajstić information content (AvgIpc) is 3.04. The molecule has 0 spiro atoms. The molecule has 8 heteroatoms. The molecule has 7 nitrogen and oxygen atoms in total. The van der Waals surface area contributed by atoms with Crippen molar-refractivity contribution >= 4 is 22.6 Å². The van der Waals surface area contributed by atoms with Gasteiger partial charge in [-0.25, -0.2) is 0 Å². The largest absolute Gasteiger partial charge is 0.411 e. The highest BCUT2D eigenvalue weighted by Gasteiger charge is 2.17. The van der Waals surface area contributed by atoms with Crippen LogP contribution in [0.3, 0.4) is 0 Å². The summed E-state index contributed by atoms with van der Waals surface area (Å²) in [5, 5.41) is 18.2. The van der Waals surface area contributed by atoms with Gasteiger partial charge < -0.3 is 4.42 Å². The Labute approximate surface area is 140 Å². The van der Waals surface area contributed by atoms with E-state index in [0.29, 0.717) is 5.89 Å². The highest BCUT2D eigenvalue weighted by atomic mass is 32.2. The van der Waals surface area contributed by atoms with Gasteiger partial charge in [-0.1, -0.05) is 23.8 Å². The van der Waals surface area contributed by atoms with Crippen molar-refractivity contribution in [2.75, 3.05) is 0 Å². The van der Waals surface area contributed by atoms with Crippen LogP contribution in [0.1, 0.15) is 15.9 Å². The van der Waals surface area contributed by atoms with Crippen LogP contribution < -0.4 is 0 Å². The Hall–Kier alpha value is -3.00. The van der Waals surface area contributed by atoms with E-state index in [1.54, 1.807) is 0 Å². The van der Waals surface area contributed by atoms with Crippen molar-refractivity contribution in [3.63, 3.8) is 0 Å². The highest BCUT2D eigenvalue weighted by Crippen LogP contribution is 2.27. The van der Waals surface area contributed by atoms with Crippen molar-refractivity contribution in [2.45, 2.75) is 12.1 Å². The first-order chi connectivity index (χ1) is 11.5. The average molecular weight is 341 g/mol. The molecular weight excluding hydrogens is 330 g/mol. The Bertz CT molecular complexity index is 906. The number of thioether (sulfide) groups is 1. The maximum atomic E-state index is 12.2. The topological polar surface area (TPSA) is 99.1 Å². The number of carbonyl (C=O) groups is 1. The van der Waals surface area contributed by atoms with Crippen LogP contribution in [0.25, 0.3) is 11.5 Å². The van der Waals surface area contributed by atoms with Crippen LogP contribution in [0.4, 0.5) is 5.69 Å². The summed E-state index contributed by atoms with van der Waals surface area (Å²) in [7, 11) is 0. The summed E-state index contributed by atoms with van der Waals surface area (Å²) >= 11 is 0.734. The first-order valence-corrected chi connectivity index (χ1v) is 7.72. The molecular formula is C16H11N3O4S. The van der Waals surface area contributed by atoms with Gasteiger partial charge in [-0.05, 0) is 25.1 Å². The lowest BCUT2D eigenvalue weighted by atomic mass is 10.1. The predicted molar refractivity (Wildman–Crippen MR) is 87.8 cm³/mol. The van der Waals surface area contributed by atoms with Gasteiger partial charge in [0.15, 0.2) is 0 Å². The summed E-state index contributed by atoms with van der Waals surface area (Å²) < 4.78 is 5.47. The minimum absolute atomic E-state index is 0.0853. The zero-order chi connectivity index (χ0) is 17.1. The number of nitrogens with zero attached hydrogens (tertiary/aromatic N) is 3. The standard InChI is InChI=1S/C16H11N3O4S/c1-10-5-7-11(8-6-10)14-17-18-16(23-14)24-15(20)12-3-2-4-13(9-12)19(21)22/h2-9H,1H3. The third-order valence-electron chi connectivity index (χ3n) is 3.18. The second kappa shape index (κ2) is 6.63. The fourth-order valence-electron chi connectivity index (χ4n) is 1.95. The molecule has 3 aromatic rings. The molecule has 1 heterocycles. The van der Waals surface area contributed by atoms with Gasteiger partial charge in [-0.2, -0.15) is 0 Å². The Morgan fingerprint density at radius 1 is 1.17 bits per heavy atom. The molecule has 3 rings (SSSR count).